The van der Waals surface area contributed by atoms with E-state index < -0.39 is 6.10 Å². The van der Waals surface area contributed by atoms with E-state index in [1.54, 1.807) is 0 Å². The topological polar surface area (TPSA) is 49.8 Å². The lowest BCUT2D eigenvalue weighted by atomic mass is 10.2. The third-order valence-corrected chi connectivity index (χ3v) is 3.05. The summed E-state index contributed by atoms with van der Waals surface area (Å²) < 4.78 is 5.55. The molecule has 5 heteroatoms. The number of benzene rings is 1. The van der Waals surface area contributed by atoms with E-state index in [0.29, 0.717) is 6.54 Å². The Hall–Kier alpha value is -0.910. The number of rotatable bonds is 6. The monoisotopic (exact) mass is 315 g/mol. The van der Waals surface area contributed by atoms with Crippen molar-refractivity contribution in [1.82, 2.24) is 4.90 Å². The van der Waals surface area contributed by atoms with Crippen molar-refractivity contribution in [2.45, 2.75) is 19.1 Å². The second-order valence-corrected chi connectivity index (χ2v) is 5.17. The summed E-state index contributed by atoms with van der Waals surface area (Å²) in [5.41, 5.74) is 1.16. The molecule has 1 atom stereocenters. The Morgan fingerprint density at radius 3 is 2.61 bits per heavy atom. The molecule has 0 aliphatic heterocycles. The highest BCUT2D eigenvalue weighted by atomic mass is 79.9. The number of carbonyl (C=O) groups excluding carboxylic acids is 1. The Labute approximate surface area is 116 Å². The van der Waals surface area contributed by atoms with Crippen LogP contribution >= 0.6 is 15.9 Å². The van der Waals surface area contributed by atoms with Gasteiger partial charge in [-0.15, -0.1) is 0 Å². The van der Waals surface area contributed by atoms with E-state index in [-0.39, 0.29) is 12.4 Å². The van der Waals surface area contributed by atoms with Crippen molar-refractivity contribution in [2.75, 3.05) is 20.7 Å². The van der Waals surface area contributed by atoms with Gasteiger partial charge in [0.15, 0.2) is 0 Å². The Bertz CT molecular complexity index is 380. The number of hydrogen-bond acceptors (Lipinski definition) is 4. The van der Waals surface area contributed by atoms with Crippen LogP contribution < -0.4 is 0 Å². The van der Waals surface area contributed by atoms with Crippen LogP contribution in [0, 0.1) is 0 Å². The Morgan fingerprint density at radius 2 is 2.06 bits per heavy atom. The molecule has 1 aromatic rings. The summed E-state index contributed by atoms with van der Waals surface area (Å²) in [6.07, 6.45) is -0.667. The van der Waals surface area contributed by atoms with Crippen molar-refractivity contribution in [3.05, 3.63) is 34.3 Å². The maximum atomic E-state index is 11.0. The Morgan fingerprint density at radius 1 is 1.44 bits per heavy atom. The molecule has 4 nitrogen and oxygen atoms in total. The fourth-order valence-corrected chi connectivity index (χ4v) is 1.93. The third-order valence-electron chi connectivity index (χ3n) is 2.52. The number of esters is 1. The van der Waals surface area contributed by atoms with Crippen LogP contribution in [0.25, 0.3) is 0 Å². The summed E-state index contributed by atoms with van der Waals surface area (Å²) in [6, 6.07) is 8.00. The van der Waals surface area contributed by atoms with E-state index in [1.165, 1.54) is 7.11 Å². The van der Waals surface area contributed by atoms with Gasteiger partial charge in [-0.05, 0) is 24.7 Å². The highest BCUT2D eigenvalue weighted by Gasteiger charge is 2.13. The van der Waals surface area contributed by atoms with E-state index in [4.69, 9.17) is 0 Å². The number of hydrogen-bond donors (Lipinski definition) is 1. The Kier molecular flexibility index (Phi) is 6.32. The third kappa shape index (κ3) is 5.62. The minimum Gasteiger partial charge on any atom is -0.469 e. The standard InChI is InChI=1S/C13H18BrNO3/c1-15(9-12(16)7-13(17)18-2)8-10-3-5-11(14)6-4-10/h3-6,12,16H,7-9H2,1-2H3. The highest BCUT2D eigenvalue weighted by molar-refractivity contribution is 9.10. The van der Waals surface area contributed by atoms with E-state index in [0.717, 1.165) is 16.6 Å². The van der Waals surface area contributed by atoms with Gasteiger partial charge in [0.05, 0.1) is 19.6 Å². The molecule has 1 aromatic carbocycles. The van der Waals surface area contributed by atoms with Crippen molar-refractivity contribution in [1.29, 1.82) is 0 Å². The number of aliphatic hydroxyl groups excluding tert-OH is 1. The van der Waals surface area contributed by atoms with Gasteiger partial charge in [0.1, 0.15) is 0 Å². The molecule has 1 unspecified atom stereocenters. The molecule has 18 heavy (non-hydrogen) atoms. The quantitative estimate of drug-likeness (QED) is 0.813. The van der Waals surface area contributed by atoms with Crippen LogP contribution in [0.3, 0.4) is 0 Å². The van der Waals surface area contributed by atoms with Gasteiger partial charge in [-0.1, -0.05) is 28.1 Å². The van der Waals surface area contributed by atoms with Crippen molar-refractivity contribution in [3.63, 3.8) is 0 Å². The summed E-state index contributed by atoms with van der Waals surface area (Å²) in [5, 5.41) is 9.69. The smallest absolute Gasteiger partial charge is 0.308 e. The first kappa shape index (κ1) is 15.1. The molecule has 0 saturated carbocycles. The van der Waals surface area contributed by atoms with Gasteiger partial charge in [-0.3, -0.25) is 9.69 Å². The summed E-state index contributed by atoms with van der Waals surface area (Å²) in [5.74, 6) is -0.389. The zero-order valence-corrected chi connectivity index (χ0v) is 12.2. The second-order valence-electron chi connectivity index (χ2n) is 4.26. The molecule has 1 N–H and O–H groups in total. The minimum atomic E-state index is -0.696. The van der Waals surface area contributed by atoms with Gasteiger partial charge in [0, 0.05) is 17.6 Å². The molecule has 0 bridgehead atoms. The predicted molar refractivity (Wildman–Crippen MR) is 73.1 cm³/mol. The average molecular weight is 316 g/mol. The molecule has 1 rings (SSSR count). The molecule has 100 valence electrons. The molecule has 0 saturated heterocycles. The summed E-state index contributed by atoms with van der Waals surface area (Å²) in [4.78, 5) is 13.0. The molecule has 0 spiro atoms. The zero-order chi connectivity index (χ0) is 13.5. The van der Waals surface area contributed by atoms with Crippen LogP contribution in [0.2, 0.25) is 0 Å². The molecule has 0 aliphatic rings. The first-order chi connectivity index (χ1) is 8.51. The largest absolute Gasteiger partial charge is 0.469 e. The Balaban J connectivity index is 2.39. The number of likely N-dealkylation sites (N-methyl/N-ethyl adjacent to an activating group) is 1. The van der Waals surface area contributed by atoms with Gasteiger partial charge in [-0.25, -0.2) is 0 Å². The summed E-state index contributed by atoms with van der Waals surface area (Å²) >= 11 is 3.38. The number of nitrogens with zero attached hydrogens (tertiary/aromatic N) is 1. The van der Waals surface area contributed by atoms with E-state index in [9.17, 15) is 9.90 Å². The SMILES string of the molecule is COC(=O)CC(O)CN(C)Cc1ccc(Br)cc1. The van der Waals surface area contributed by atoms with E-state index in [2.05, 4.69) is 20.7 Å². The minimum absolute atomic E-state index is 0.0289. The number of ether oxygens (including phenoxy) is 1. The number of halogens is 1. The average Bonchev–Trinajstić information content (AvgIpc) is 2.31. The second kappa shape index (κ2) is 7.51. The number of aliphatic hydroxyl groups is 1. The normalized spacial score (nSPS) is 12.5. The molecule has 0 amide bonds. The fourth-order valence-electron chi connectivity index (χ4n) is 1.67. The van der Waals surface area contributed by atoms with Crippen LogP contribution in [-0.2, 0) is 16.1 Å². The molecular weight excluding hydrogens is 298 g/mol. The lowest BCUT2D eigenvalue weighted by Gasteiger charge is -2.20. The maximum Gasteiger partial charge on any atom is 0.308 e. The molecule has 0 radical (unpaired) electrons. The number of carbonyl (C=O) groups is 1. The predicted octanol–water partition coefficient (Wildman–Crippen LogP) is 1.80. The van der Waals surface area contributed by atoms with Crippen molar-refractivity contribution in [3.8, 4) is 0 Å². The van der Waals surface area contributed by atoms with Crippen molar-refractivity contribution in [2.24, 2.45) is 0 Å². The summed E-state index contributed by atoms with van der Waals surface area (Å²) in [6.45, 7) is 1.16. The molecule has 0 aromatic heterocycles. The van der Waals surface area contributed by atoms with Gasteiger partial charge in [0.25, 0.3) is 0 Å². The lowest BCUT2D eigenvalue weighted by Crippen LogP contribution is -2.30. The molecule has 0 fully saturated rings. The van der Waals surface area contributed by atoms with Crippen LogP contribution in [0.15, 0.2) is 28.7 Å². The van der Waals surface area contributed by atoms with Crippen molar-refractivity contribution >= 4 is 21.9 Å². The van der Waals surface area contributed by atoms with Crippen LogP contribution in [0.5, 0.6) is 0 Å². The van der Waals surface area contributed by atoms with Gasteiger partial charge < -0.3 is 9.84 Å². The van der Waals surface area contributed by atoms with Crippen LogP contribution in [-0.4, -0.2) is 42.8 Å². The van der Waals surface area contributed by atoms with Crippen LogP contribution in [0.4, 0.5) is 0 Å². The van der Waals surface area contributed by atoms with Crippen LogP contribution in [0.1, 0.15) is 12.0 Å². The molecular formula is C13H18BrNO3. The van der Waals surface area contributed by atoms with Gasteiger partial charge in [-0.2, -0.15) is 0 Å². The summed E-state index contributed by atoms with van der Waals surface area (Å²) in [7, 11) is 3.23. The van der Waals surface area contributed by atoms with E-state index in [1.807, 2.05) is 36.2 Å². The van der Waals surface area contributed by atoms with E-state index >= 15 is 0 Å². The highest BCUT2D eigenvalue weighted by Crippen LogP contribution is 2.12. The number of methoxy groups -OCH3 is 1. The first-order valence-electron chi connectivity index (χ1n) is 5.69. The lowest BCUT2D eigenvalue weighted by molar-refractivity contribution is -0.143. The fraction of sp³-hybridized carbons (Fsp3) is 0.462. The molecule has 0 aliphatic carbocycles. The first-order valence-corrected chi connectivity index (χ1v) is 6.48. The maximum absolute atomic E-state index is 11.0. The molecule has 0 heterocycles. The van der Waals surface area contributed by atoms with Gasteiger partial charge >= 0.3 is 5.97 Å². The van der Waals surface area contributed by atoms with Crippen molar-refractivity contribution < 1.29 is 14.6 Å². The zero-order valence-electron chi connectivity index (χ0n) is 10.6. The van der Waals surface area contributed by atoms with Gasteiger partial charge in [0.2, 0.25) is 0 Å².